The molecular weight excluding hydrogens is 270 g/mol. The second kappa shape index (κ2) is 13.0. The third-order valence-electron chi connectivity index (χ3n) is 3.66. The number of hydrogen-bond acceptors (Lipinski definition) is 2. The van der Waals surface area contributed by atoms with Crippen LogP contribution in [0.1, 0.15) is 46.5 Å². The van der Waals surface area contributed by atoms with E-state index in [4.69, 9.17) is 4.74 Å². The van der Waals surface area contributed by atoms with Gasteiger partial charge in [0.25, 0.3) is 0 Å². The van der Waals surface area contributed by atoms with E-state index < -0.39 is 0 Å². The number of likely N-dealkylation sites (N-methyl/N-ethyl adjacent to an activating group) is 1. The van der Waals surface area contributed by atoms with E-state index >= 15 is 0 Å². The minimum atomic E-state index is 0.639. The summed E-state index contributed by atoms with van der Waals surface area (Å²) in [6.07, 6.45) is 14.5. The van der Waals surface area contributed by atoms with Crippen LogP contribution in [0.25, 0.3) is 0 Å². The second-order valence-electron chi connectivity index (χ2n) is 5.34. The van der Waals surface area contributed by atoms with Crippen LogP contribution in [0.3, 0.4) is 0 Å². The normalized spacial score (nSPS) is 14.0. The smallest absolute Gasteiger partial charge is 0.115 e. The van der Waals surface area contributed by atoms with Gasteiger partial charge in [0.15, 0.2) is 0 Å². The highest BCUT2D eigenvalue weighted by Crippen LogP contribution is 2.15. The molecule has 0 aromatic rings. The van der Waals surface area contributed by atoms with E-state index in [-0.39, 0.29) is 0 Å². The lowest BCUT2D eigenvalue weighted by Crippen LogP contribution is -2.08. The summed E-state index contributed by atoms with van der Waals surface area (Å²) in [6, 6.07) is 0. The largest absolute Gasteiger partial charge is 0.494 e. The summed E-state index contributed by atoms with van der Waals surface area (Å²) in [5.41, 5.74) is 1.86. The fourth-order valence-electron chi connectivity index (χ4n) is 2.08. The highest BCUT2D eigenvalue weighted by molar-refractivity contribution is 5.39. The van der Waals surface area contributed by atoms with Crippen molar-refractivity contribution in [2.75, 3.05) is 13.7 Å². The monoisotopic (exact) mass is 303 g/mol. The van der Waals surface area contributed by atoms with Crippen LogP contribution < -0.4 is 5.32 Å². The Bertz CT molecular complexity index is 415. The average Bonchev–Trinajstić information content (AvgIpc) is 2.54. The van der Waals surface area contributed by atoms with Gasteiger partial charge in [-0.15, -0.1) is 0 Å². The quantitative estimate of drug-likeness (QED) is 0.378. The van der Waals surface area contributed by atoms with E-state index in [2.05, 4.69) is 32.3 Å². The molecule has 0 heterocycles. The third kappa shape index (κ3) is 8.56. The Morgan fingerprint density at radius 1 is 1.27 bits per heavy atom. The molecule has 0 amide bonds. The first kappa shape index (κ1) is 20.3. The van der Waals surface area contributed by atoms with Crippen molar-refractivity contribution in [1.82, 2.24) is 5.32 Å². The SMILES string of the molecule is C=C/C=C(\NC)C(=C)/C=C\C(=C/C)OC[C@@H](CC)CCCC. The van der Waals surface area contributed by atoms with Crippen LogP contribution >= 0.6 is 0 Å². The molecular formula is C20H33NO. The highest BCUT2D eigenvalue weighted by Gasteiger charge is 2.07. The lowest BCUT2D eigenvalue weighted by Gasteiger charge is -2.16. The molecule has 0 spiro atoms. The Balaban J connectivity index is 4.54. The summed E-state index contributed by atoms with van der Waals surface area (Å²) in [5, 5.41) is 3.11. The summed E-state index contributed by atoms with van der Waals surface area (Å²) in [6.45, 7) is 15.0. The predicted molar refractivity (Wildman–Crippen MR) is 98.6 cm³/mol. The molecule has 0 radical (unpaired) electrons. The van der Waals surface area contributed by atoms with Crippen molar-refractivity contribution in [2.45, 2.75) is 46.5 Å². The number of unbranched alkanes of at least 4 members (excludes halogenated alkanes) is 1. The lowest BCUT2D eigenvalue weighted by molar-refractivity contribution is 0.164. The first-order valence-corrected chi connectivity index (χ1v) is 8.29. The molecule has 0 aromatic carbocycles. The standard InChI is InChI=1S/C20H33NO/c1-7-11-13-18(9-3)16-22-19(10-4)15-14-17(5)20(21-6)12-8-2/h8,10,12,14-15,18,21H,2,5,7,9,11,13,16H2,1,3-4,6H3/b15-14-,19-10+,20-12-/t18-/m0/s1. The van der Waals surface area contributed by atoms with Gasteiger partial charge in [0.1, 0.15) is 5.76 Å². The Labute approximate surface area is 137 Å². The molecule has 0 saturated heterocycles. The molecule has 0 rings (SSSR count). The molecule has 0 bridgehead atoms. The molecule has 1 N–H and O–H groups in total. The van der Waals surface area contributed by atoms with Gasteiger partial charge in [0.05, 0.1) is 6.61 Å². The first-order valence-electron chi connectivity index (χ1n) is 8.29. The minimum Gasteiger partial charge on any atom is -0.494 e. The maximum Gasteiger partial charge on any atom is 0.115 e. The third-order valence-corrected chi connectivity index (χ3v) is 3.66. The summed E-state index contributed by atoms with van der Waals surface area (Å²) >= 11 is 0. The van der Waals surface area contributed by atoms with Crippen molar-refractivity contribution in [1.29, 1.82) is 0 Å². The summed E-state index contributed by atoms with van der Waals surface area (Å²) in [7, 11) is 1.88. The molecule has 2 nitrogen and oxygen atoms in total. The van der Waals surface area contributed by atoms with E-state index in [0.717, 1.165) is 23.6 Å². The van der Waals surface area contributed by atoms with Gasteiger partial charge in [0.2, 0.25) is 0 Å². The van der Waals surface area contributed by atoms with Gasteiger partial charge in [-0.25, -0.2) is 0 Å². The predicted octanol–water partition coefficient (Wildman–Crippen LogP) is 5.52. The van der Waals surface area contributed by atoms with Crippen molar-refractivity contribution in [3.8, 4) is 0 Å². The molecule has 0 saturated carbocycles. The topological polar surface area (TPSA) is 21.3 Å². The van der Waals surface area contributed by atoms with Crippen molar-refractivity contribution < 1.29 is 4.74 Å². The molecule has 2 heteroatoms. The first-order chi connectivity index (χ1) is 10.6. The van der Waals surface area contributed by atoms with Crippen LogP contribution in [-0.2, 0) is 4.74 Å². The summed E-state index contributed by atoms with van der Waals surface area (Å²) in [5.74, 6) is 1.53. The Kier molecular flexibility index (Phi) is 12.0. The zero-order chi connectivity index (χ0) is 16.8. The van der Waals surface area contributed by atoms with Gasteiger partial charge in [-0.1, -0.05) is 52.3 Å². The maximum absolute atomic E-state index is 5.94. The van der Waals surface area contributed by atoms with Crippen molar-refractivity contribution in [3.05, 3.63) is 60.6 Å². The van der Waals surface area contributed by atoms with Gasteiger partial charge >= 0.3 is 0 Å². The highest BCUT2D eigenvalue weighted by atomic mass is 16.5. The van der Waals surface area contributed by atoms with E-state index in [1.165, 1.54) is 25.7 Å². The van der Waals surface area contributed by atoms with Crippen LogP contribution in [-0.4, -0.2) is 13.7 Å². The second-order valence-corrected chi connectivity index (χ2v) is 5.34. The summed E-state index contributed by atoms with van der Waals surface area (Å²) < 4.78 is 5.94. The van der Waals surface area contributed by atoms with Gasteiger partial charge < -0.3 is 10.1 Å². The zero-order valence-electron chi connectivity index (χ0n) is 14.8. The number of hydrogen-bond donors (Lipinski definition) is 1. The average molecular weight is 303 g/mol. The minimum absolute atomic E-state index is 0.639. The number of allylic oxidation sites excluding steroid dienone is 5. The molecule has 1 atom stereocenters. The summed E-state index contributed by atoms with van der Waals surface area (Å²) in [4.78, 5) is 0. The molecule has 124 valence electrons. The molecule has 0 fully saturated rings. The molecule has 0 aliphatic rings. The van der Waals surface area contributed by atoms with Crippen LogP contribution in [0.2, 0.25) is 0 Å². The van der Waals surface area contributed by atoms with E-state index in [9.17, 15) is 0 Å². The molecule has 0 aliphatic heterocycles. The van der Waals surface area contributed by atoms with Crippen LogP contribution in [0.5, 0.6) is 0 Å². The van der Waals surface area contributed by atoms with E-state index in [1.807, 2.05) is 38.3 Å². The van der Waals surface area contributed by atoms with Gasteiger partial charge in [-0.2, -0.15) is 0 Å². The lowest BCUT2D eigenvalue weighted by atomic mass is 10.0. The zero-order valence-corrected chi connectivity index (χ0v) is 14.8. The number of ether oxygens (including phenoxy) is 1. The van der Waals surface area contributed by atoms with Crippen LogP contribution in [0.15, 0.2) is 60.6 Å². The molecule has 0 aromatic heterocycles. The van der Waals surface area contributed by atoms with E-state index in [1.54, 1.807) is 6.08 Å². The Morgan fingerprint density at radius 2 is 2.00 bits per heavy atom. The van der Waals surface area contributed by atoms with Gasteiger partial charge in [-0.3, -0.25) is 0 Å². The molecule has 0 unspecified atom stereocenters. The Hall–Kier alpha value is -1.70. The van der Waals surface area contributed by atoms with Crippen molar-refractivity contribution in [3.63, 3.8) is 0 Å². The number of nitrogens with one attached hydrogen (secondary N) is 1. The van der Waals surface area contributed by atoms with Crippen molar-refractivity contribution in [2.24, 2.45) is 5.92 Å². The Morgan fingerprint density at radius 3 is 2.50 bits per heavy atom. The van der Waals surface area contributed by atoms with E-state index in [0.29, 0.717) is 5.92 Å². The van der Waals surface area contributed by atoms with Crippen molar-refractivity contribution >= 4 is 0 Å². The molecule has 22 heavy (non-hydrogen) atoms. The fourth-order valence-corrected chi connectivity index (χ4v) is 2.08. The molecule has 0 aliphatic carbocycles. The maximum atomic E-state index is 5.94. The van der Waals surface area contributed by atoms with Crippen LogP contribution in [0.4, 0.5) is 0 Å². The fraction of sp³-hybridized carbons (Fsp3) is 0.500. The van der Waals surface area contributed by atoms with Gasteiger partial charge in [-0.05, 0) is 49.1 Å². The van der Waals surface area contributed by atoms with Gasteiger partial charge in [0, 0.05) is 12.7 Å². The van der Waals surface area contributed by atoms with Crippen LogP contribution in [0, 0.1) is 5.92 Å². The number of rotatable bonds is 12.